The first-order valence-corrected chi connectivity index (χ1v) is 6.54. The molecule has 0 bridgehead atoms. The van der Waals surface area contributed by atoms with E-state index < -0.39 is 12.1 Å². The topological polar surface area (TPSA) is 78.8 Å². The van der Waals surface area contributed by atoms with Crippen LogP contribution in [0.5, 0.6) is 0 Å². The van der Waals surface area contributed by atoms with Gasteiger partial charge in [-0.1, -0.05) is 20.8 Å². The van der Waals surface area contributed by atoms with Crippen molar-refractivity contribution in [2.45, 2.75) is 39.7 Å². The fourth-order valence-electron chi connectivity index (χ4n) is 3.10. The van der Waals surface area contributed by atoms with Crippen molar-refractivity contribution in [3.05, 3.63) is 0 Å². The predicted octanol–water partition coefficient (Wildman–Crippen LogP) is 1.70. The van der Waals surface area contributed by atoms with Crippen LogP contribution in [0.4, 0.5) is 4.79 Å². The molecule has 0 spiro atoms. The summed E-state index contributed by atoms with van der Waals surface area (Å²) in [5, 5.41) is 20.8. The van der Waals surface area contributed by atoms with Gasteiger partial charge in [0.25, 0.3) is 0 Å². The molecule has 0 radical (unpaired) electrons. The first-order valence-electron chi connectivity index (χ1n) is 6.54. The number of hydrogen-bond donors (Lipinski definition) is 3. The fraction of sp³-hybridized carbons (Fsp3) is 0.923. The van der Waals surface area contributed by atoms with Crippen molar-refractivity contribution >= 4 is 6.09 Å². The number of carboxylic acid groups (broad SMARTS) is 1. The zero-order chi connectivity index (χ0) is 13.8. The molecule has 106 valence electrons. The minimum Gasteiger partial charge on any atom is -0.465 e. The summed E-state index contributed by atoms with van der Waals surface area (Å²) >= 11 is 0. The molecule has 1 amide bonds. The fourth-order valence-corrected chi connectivity index (χ4v) is 3.10. The van der Waals surface area contributed by atoms with Gasteiger partial charge in [-0.15, -0.1) is 0 Å². The molecule has 1 heterocycles. The van der Waals surface area contributed by atoms with Gasteiger partial charge >= 0.3 is 6.09 Å². The van der Waals surface area contributed by atoms with Gasteiger partial charge in [0, 0.05) is 13.2 Å². The van der Waals surface area contributed by atoms with Crippen molar-refractivity contribution in [3.8, 4) is 0 Å². The maximum Gasteiger partial charge on any atom is 0.404 e. The van der Waals surface area contributed by atoms with E-state index in [1.54, 1.807) is 0 Å². The zero-order valence-corrected chi connectivity index (χ0v) is 11.5. The first-order chi connectivity index (χ1) is 8.36. The zero-order valence-electron chi connectivity index (χ0n) is 11.5. The minimum absolute atomic E-state index is 0.0684. The average Bonchev–Trinajstić information content (AvgIpc) is 2.27. The quantitative estimate of drug-likeness (QED) is 0.718. The van der Waals surface area contributed by atoms with Crippen LogP contribution in [-0.2, 0) is 4.74 Å². The molecule has 1 fully saturated rings. The molecular formula is C13H25NO4. The Morgan fingerprint density at radius 1 is 1.50 bits per heavy atom. The van der Waals surface area contributed by atoms with Crippen LogP contribution in [0.2, 0.25) is 0 Å². The molecule has 18 heavy (non-hydrogen) atoms. The maximum absolute atomic E-state index is 10.8. The molecule has 5 nitrogen and oxygen atoms in total. The van der Waals surface area contributed by atoms with Crippen LogP contribution in [0.25, 0.3) is 0 Å². The molecule has 0 aliphatic carbocycles. The Balaban J connectivity index is 2.84. The summed E-state index contributed by atoms with van der Waals surface area (Å²) in [6.07, 6.45) is 0.947. The third kappa shape index (κ3) is 4.14. The summed E-state index contributed by atoms with van der Waals surface area (Å²) < 4.78 is 5.50. The number of carbonyl (C=O) groups is 1. The molecule has 0 aromatic carbocycles. The van der Waals surface area contributed by atoms with Gasteiger partial charge in [-0.05, 0) is 30.1 Å². The second kappa shape index (κ2) is 6.38. The van der Waals surface area contributed by atoms with E-state index in [-0.39, 0.29) is 17.9 Å². The van der Waals surface area contributed by atoms with Crippen molar-refractivity contribution in [1.82, 2.24) is 5.32 Å². The largest absolute Gasteiger partial charge is 0.465 e. The second-order valence-electron chi connectivity index (χ2n) is 6.11. The summed E-state index contributed by atoms with van der Waals surface area (Å²) in [5.74, 6) is 0.363. The van der Waals surface area contributed by atoms with Crippen LogP contribution < -0.4 is 5.32 Å². The molecule has 1 rings (SSSR count). The number of aliphatic hydroxyl groups is 1. The number of hydrogen-bond acceptors (Lipinski definition) is 3. The van der Waals surface area contributed by atoms with Crippen molar-refractivity contribution in [3.63, 3.8) is 0 Å². The third-order valence-electron chi connectivity index (χ3n) is 3.64. The van der Waals surface area contributed by atoms with E-state index in [0.29, 0.717) is 12.5 Å². The van der Waals surface area contributed by atoms with Gasteiger partial charge in [0.15, 0.2) is 0 Å². The number of aliphatic hydroxyl groups excluding tert-OH is 1. The normalized spacial score (nSPS) is 24.3. The molecule has 0 aromatic heterocycles. The Morgan fingerprint density at radius 2 is 2.17 bits per heavy atom. The predicted molar refractivity (Wildman–Crippen MR) is 68.5 cm³/mol. The molecule has 3 N–H and O–H groups in total. The molecule has 5 heteroatoms. The minimum atomic E-state index is -1.08. The summed E-state index contributed by atoms with van der Waals surface area (Å²) in [6.45, 7) is 7.50. The van der Waals surface area contributed by atoms with Crippen LogP contribution in [0.15, 0.2) is 0 Å². The van der Waals surface area contributed by atoms with Crippen LogP contribution >= 0.6 is 0 Å². The molecule has 2 unspecified atom stereocenters. The summed E-state index contributed by atoms with van der Waals surface area (Å²) in [6, 6.07) is -0.436. The van der Waals surface area contributed by atoms with Crippen molar-refractivity contribution in [2.75, 3.05) is 19.8 Å². The average molecular weight is 259 g/mol. The highest BCUT2D eigenvalue weighted by molar-refractivity contribution is 5.64. The van der Waals surface area contributed by atoms with Crippen LogP contribution in [0, 0.1) is 17.3 Å². The van der Waals surface area contributed by atoms with Crippen LogP contribution in [0.3, 0.4) is 0 Å². The van der Waals surface area contributed by atoms with E-state index in [0.717, 1.165) is 19.4 Å². The lowest BCUT2D eigenvalue weighted by Crippen LogP contribution is -2.51. The van der Waals surface area contributed by atoms with Crippen molar-refractivity contribution in [1.29, 1.82) is 0 Å². The number of amides is 1. The maximum atomic E-state index is 10.8. The lowest BCUT2D eigenvalue weighted by molar-refractivity contribution is -0.0186. The van der Waals surface area contributed by atoms with E-state index in [1.165, 1.54) is 0 Å². The smallest absolute Gasteiger partial charge is 0.404 e. The highest BCUT2D eigenvalue weighted by Gasteiger charge is 2.39. The van der Waals surface area contributed by atoms with Gasteiger partial charge in [0.05, 0.1) is 12.6 Å². The summed E-state index contributed by atoms with van der Waals surface area (Å²) in [4.78, 5) is 10.8. The van der Waals surface area contributed by atoms with E-state index in [4.69, 9.17) is 9.84 Å². The molecule has 1 aliphatic heterocycles. The molecule has 1 aliphatic rings. The SMILES string of the molecule is CC(C)(C)[C@H](C1CCCOC1)C(CO)NC(=O)O. The molecular weight excluding hydrogens is 234 g/mol. The van der Waals surface area contributed by atoms with E-state index in [1.807, 2.05) is 0 Å². The summed E-state index contributed by atoms with van der Waals surface area (Å²) in [5.41, 5.74) is -0.0821. The molecule has 3 atom stereocenters. The lowest BCUT2D eigenvalue weighted by Gasteiger charge is -2.43. The Morgan fingerprint density at radius 3 is 2.56 bits per heavy atom. The van der Waals surface area contributed by atoms with Gasteiger partial charge in [0.2, 0.25) is 0 Å². The second-order valence-corrected chi connectivity index (χ2v) is 6.11. The highest BCUT2D eigenvalue weighted by atomic mass is 16.5. The van der Waals surface area contributed by atoms with Gasteiger partial charge < -0.3 is 20.3 Å². The van der Waals surface area contributed by atoms with Gasteiger partial charge in [-0.3, -0.25) is 0 Å². The standard InChI is InChI=1S/C13H25NO4/c1-13(2,3)11(9-5-4-6-18-8-9)10(7-15)14-12(16)17/h9-11,14-15H,4-8H2,1-3H3,(H,16,17)/t9?,10?,11-/m1/s1. The van der Waals surface area contributed by atoms with Crippen LogP contribution in [-0.4, -0.2) is 42.2 Å². The van der Waals surface area contributed by atoms with Gasteiger partial charge in [-0.2, -0.15) is 0 Å². The first kappa shape index (κ1) is 15.2. The number of ether oxygens (including phenoxy) is 1. The van der Waals surface area contributed by atoms with Crippen LogP contribution in [0.1, 0.15) is 33.6 Å². The lowest BCUT2D eigenvalue weighted by atomic mass is 9.68. The third-order valence-corrected chi connectivity index (χ3v) is 3.64. The molecule has 0 aromatic rings. The number of nitrogens with one attached hydrogen (secondary N) is 1. The molecule has 0 saturated carbocycles. The van der Waals surface area contributed by atoms with Crippen molar-refractivity contribution in [2.24, 2.45) is 17.3 Å². The van der Waals surface area contributed by atoms with Gasteiger partial charge in [0.1, 0.15) is 0 Å². The Bertz CT molecular complexity index is 269. The number of rotatable bonds is 4. The van der Waals surface area contributed by atoms with E-state index >= 15 is 0 Å². The molecule has 1 saturated heterocycles. The van der Waals surface area contributed by atoms with E-state index in [9.17, 15) is 9.90 Å². The summed E-state index contributed by atoms with van der Waals surface area (Å²) in [7, 11) is 0. The Hall–Kier alpha value is -0.810. The highest BCUT2D eigenvalue weighted by Crippen LogP contribution is 2.38. The van der Waals surface area contributed by atoms with Crippen molar-refractivity contribution < 1.29 is 19.7 Å². The monoisotopic (exact) mass is 259 g/mol. The van der Waals surface area contributed by atoms with Gasteiger partial charge in [-0.25, -0.2) is 4.79 Å². The Kier molecular flexibility index (Phi) is 5.41. The van der Waals surface area contributed by atoms with E-state index in [2.05, 4.69) is 26.1 Å². The Labute approximate surface area is 109 Å².